The van der Waals surface area contributed by atoms with Gasteiger partial charge in [0.1, 0.15) is 5.82 Å². The van der Waals surface area contributed by atoms with Gasteiger partial charge in [-0.3, -0.25) is 4.90 Å². The van der Waals surface area contributed by atoms with Gasteiger partial charge in [0.15, 0.2) is 0 Å². The maximum absolute atomic E-state index is 5.93. The van der Waals surface area contributed by atoms with Crippen molar-refractivity contribution < 1.29 is 0 Å². The molecule has 18 heavy (non-hydrogen) atoms. The predicted molar refractivity (Wildman–Crippen MR) is 75.8 cm³/mol. The summed E-state index contributed by atoms with van der Waals surface area (Å²) in [7, 11) is 2.21. The van der Waals surface area contributed by atoms with Gasteiger partial charge in [-0.25, -0.2) is 4.98 Å². The number of piperazine rings is 1. The first-order valence-corrected chi connectivity index (χ1v) is 6.78. The fourth-order valence-electron chi connectivity index (χ4n) is 2.49. The van der Waals surface area contributed by atoms with E-state index in [1.54, 1.807) is 0 Å². The number of hydrogen-bond acceptors (Lipinski definition) is 4. The van der Waals surface area contributed by atoms with Gasteiger partial charge in [-0.2, -0.15) is 0 Å². The molecule has 1 aliphatic heterocycles. The molecular formula is C14H24N4. The summed E-state index contributed by atoms with van der Waals surface area (Å²) in [6, 6.07) is 4.82. The normalized spacial score (nSPS) is 23.1. The first-order chi connectivity index (χ1) is 8.61. The van der Waals surface area contributed by atoms with Crippen LogP contribution < -0.4 is 10.6 Å². The number of nitrogens with two attached hydrogens (primary N) is 1. The predicted octanol–water partition coefficient (Wildman–Crippen LogP) is 1.63. The second-order valence-electron chi connectivity index (χ2n) is 5.22. The Hall–Kier alpha value is -1.13. The van der Waals surface area contributed by atoms with Crippen molar-refractivity contribution in [2.45, 2.75) is 32.4 Å². The van der Waals surface area contributed by atoms with Crippen LogP contribution in [0, 0.1) is 0 Å². The van der Waals surface area contributed by atoms with E-state index in [1.807, 2.05) is 19.2 Å². The van der Waals surface area contributed by atoms with Crippen LogP contribution in [0.5, 0.6) is 0 Å². The summed E-state index contributed by atoms with van der Waals surface area (Å²) >= 11 is 0. The summed E-state index contributed by atoms with van der Waals surface area (Å²) in [5, 5.41) is 0. The van der Waals surface area contributed by atoms with Crippen LogP contribution in [0.25, 0.3) is 0 Å². The average Bonchev–Trinajstić information content (AvgIpc) is 2.39. The summed E-state index contributed by atoms with van der Waals surface area (Å²) in [5.74, 6) is 1.07. The highest BCUT2D eigenvalue weighted by molar-refractivity contribution is 5.42. The highest BCUT2D eigenvalue weighted by Gasteiger charge is 2.23. The van der Waals surface area contributed by atoms with Crippen molar-refractivity contribution in [2.75, 3.05) is 31.6 Å². The van der Waals surface area contributed by atoms with E-state index >= 15 is 0 Å². The molecule has 1 fully saturated rings. The Morgan fingerprint density at radius 3 is 2.94 bits per heavy atom. The lowest BCUT2D eigenvalue weighted by molar-refractivity contribution is 0.213. The maximum atomic E-state index is 5.93. The molecule has 4 nitrogen and oxygen atoms in total. The summed E-state index contributed by atoms with van der Waals surface area (Å²) in [5.41, 5.74) is 7.09. The first-order valence-electron chi connectivity index (χ1n) is 6.78. The summed E-state index contributed by atoms with van der Waals surface area (Å²) in [6.45, 7) is 7.46. The Morgan fingerprint density at radius 2 is 2.28 bits per heavy atom. The first kappa shape index (κ1) is 13.3. The lowest BCUT2D eigenvalue weighted by Gasteiger charge is -2.39. The van der Waals surface area contributed by atoms with Gasteiger partial charge < -0.3 is 10.6 Å². The van der Waals surface area contributed by atoms with Crippen molar-refractivity contribution >= 4 is 5.82 Å². The molecular weight excluding hydrogens is 224 g/mol. The lowest BCUT2D eigenvalue weighted by Crippen LogP contribution is -2.51. The molecule has 0 bridgehead atoms. The summed E-state index contributed by atoms with van der Waals surface area (Å²) in [4.78, 5) is 9.30. The van der Waals surface area contributed by atoms with Crippen LogP contribution in [0.1, 0.15) is 31.9 Å². The van der Waals surface area contributed by atoms with Crippen molar-refractivity contribution in [1.29, 1.82) is 0 Å². The minimum atomic E-state index is 0.0705. The van der Waals surface area contributed by atoms with Gasteiger partial charge in [-0.15, -0.1) is 0 Å². The van der Waals surface area contributed by atoms with Gasteiger partial charge >= 0.3 is 0 Å². The minimum Gasteiger partial charge on any atom is -0.354 e. The molecule has 2 N–H and O–H groups in total. The van der Waals surface area contributed by atoms with E-state index in [9.17, 15) is 0 Å². The average molecular weight is 248 g/mol. The Morgan fingerprint density at radius 1 is 1.50 bits per heavy atom. The van der Waals surface area contributed by atoms with Crippen molar-refractivity contribution in [3.8, 4) is 0 Å². The van der Waals surface area contributed by atoms with Gasteiger partial charge in [0, 0.05) is 37.9 Å². The third-order valence-corrected chi connectivity index (χ3v) is 3.87. The van der Waals surface area contributed by atoms with Crippen LogP contribution in [0.4, 0.5) is 5.82 Å². The standard InChI is InChI=1S/C14H24N4/c1-4-13-10-18(8-7-17(13)3)14-9-12(11(2)15)5-6-16-14/h5-6,9,11,13H,4,7-8,10,15H2,1-3H3/t11-,13?/m0/s1. The maximum Gasteiger partial charge on any atom is 0.128 e. The van der Waals surface area contributed by atoms with Crippen LogP contribution in [-0.2, 0) is 0 Å². The highest BCUT2D eigenvalue weighted by atomic mass is 15.3. The van der Waals surface area contributed by atoms with Gasteiger partial charge in [-0.05, 0) is 38.1 Å². The minimum absolute atomic E-state index is 0.0705. The Kier molecular flexibility index (Phi) is 4.19. The molecule has 0 amide bonds. The molecule has 1 aromatic rings. The van der Waals surface area contributed by atoms with E-state index in [2.05, 4.69) is 34.8 Å². The molecule has 1 unspecified atom stereocenters. The second kappa shape index (κ2) is 5.67. The molecule has 0 saturated carbocycles. The largest absolute Gasteiger partial charge is 0.354 e. The number of likely N-dealkylation sites (N-methyl/N-ethyl adjacent to an activating group) is 1. The van der Waals surface area contributed by atoms with E-state index in [0.29, 0.717) is 6.04 Å². The number of rotatable bonds is 3. The smallest absolute Gasteiger partial charge is 0.128 e. The van der Waals surface area contributed by atoms with Crippen molar-refractivity contribution in [3.05, 3.63) is 23.9 Å². The molecule has 0 radical (unpaired) electrons. The molecule has 1 saturated heterocycles. The molecule has 4 heteroatoms. The zero-order chi connectivity index (χ0) is 13.1. The van der Waals surface area contributed by atoms with E-state index in [0.717, 1.165) is 31.0 Å². The van der Waals surface area contributed by atoms with Crippen LogP contribution in [0.15, 0.2) is 18.3 Å². The summed E-state index contributed by atoms with van der Waals surface area (Å²) < 4.78 is 0. The monoisotopic (exact) mass is 248 g/mol. The number of hydrogen-bond donors (Lipinski definition) is 1. The van der Waals surface area contributed by atoms with Crippen LogP contribution in [0.3, 0.4) is 0 Å². The molecule has 0 aromatic carbocycles. The Bertz CT molecular complexity index is 391. The zero-order valence-corrected chi connectivity index (χ0v) is 11.6. The van der Waals surface area contributed by atoms with Crippen LogP contribution in [-0.4, -0.2) is 42.6 Å². The molecule has 2 rings (SSSR count). The van der Waals surface area contributed by atoms with Gasteiger partial charge in [-0.1, -0.05) is 6.92 Å². The zero-order valence-electron chi connectivity index (χ0n) is 11.6. The summed E-state index contributed by atoms with van der Waals surface area (Å²) in [6.07, 6.45) is 3.05. The number of aromatic nitrogens is 1. The second-order valence-corrected chi connectivity index (χ2v) is 5.22. The van der Waals surface area contributed by atoms with E-state index in [1.165, 1.54) is 6.42 Å². The Labute approximate surface area is 110 Å². The quantitative estimate of drug-likeness (QED) is 0.883. The fraction of sp³-hybridized carbons (Fsp3) is 0.643. The van der Waals surface area contributed by atoms with Crippen molar-refractivity contribution in [1.82, 2.24) is 9.88 Å². The van der Waals surface area contributed by atoms with Crippen LogP contribution >= 0.6 is 0 Å². The molecule has 1 aromatic heterocycles. The lowest BCUT2D eigenvalue weighted by atomic mass is 10.1. The molecule has 0 aliphatic carbocycles. The van der Waals surface area contributed by atoms with Crippen molar-refractivity contribution in [3.63, 3.8) is 0 Å². The molecule has 2 heterocycles. The SMILES string of the molecule is CCC1CN(c2cc([C@H](C)N)ccn2)CCN1C. The molecule has 100 valence electrons. The third-order valence-electron chi connectivity index (χ3n) is 3.87. The number of anilines is 1. The third kappa shape index (κ3) is 2.82. The van der Waals surface area contributed by atoms with Gasteiger partial charge in [0.05, 0.1) is 0 Å². The van der Waals surface area contributed by atoms with E-state index < -0.39 is 0 Å². The highest BCUT2D eigenvalue weighted by Crippen LogP contribution is 2.20. The topological polar surface area (TPSA) is 45.4 Å². The molecule has 0 spiro atoms. The Balaban J connectivity index is 2.14. The van der Waals surface area contributed by atoms with Crippen LogP contribution in [0.2, 0.25) is 0 Å². The van der Waals surface area contributed by atoms with E-state index in [-0.39, 0.29) is 6.04 Å². The number of nitrogens with zero attached hydrogens (tertiary/aromatic N) is 3. The van der Waals surface area contributed by atoms with Gasteiger partial charge in [0.2, 0.25) is 0 Å². The molecule has 1 aliphatic rings. The fourth-order valence-corrected chi connectivity index (χ4v) is 2.49. The molecule has 2 atom stereocenters. The van der Waals surface area contributed by atoms with Gasteiger partial charge in [0.25, 0.3) is 0 Å². The van der Waals surface area contributed by atoms with E-state index in [4.69, 9.17) is 5.73 Å². The van der Waals surface area contributed by atoms with Crippen molar-refractivity contribution in [2.24, 2.45) is 5.73 Å². The number of pyridine rings is 1.